The van der Waals surface area contributed by atoms with Crippen molar-refractivity contribution in [3.63, 3.8) is 0 Å². The second kappa shape index (κ2) is 8.69. The maximum absolute atomic E-state index is 12.5. The van der Waals surface area contributed by atoms with Crippen molar-refractivity contribution in [2.75, 3.05) is 16.8 Å². The number of allylic oxidation sites excluding steroid dienone is 1. The van der Waals surface area contributed by atoms with Crippen LogP contribution in [0.5, 0.6) is 0 Å². The van der Waals surface area contributed by atoms with Crippen LogP contribution < -0.4 is 15.5 Å². The fourth-order valence-corrected chi connectivity index (χ4v) is 2.83. The molecule has 1 unspecified atom stereocenters. The molecule has 0 bridgehead atoms. The van der Waals surface area contributed by atoms with Crippen molar-refractivity contribution in [1.29, 1.82) is 5.26 Å². The van der Waals surface area contributed by atoms with Crippen molar-refractivity contribution in [2.24, 2.45) is 0 Å². The summed E-state index contributed by atoms with van der Waals surface area (Å²) in [4.78, 5) is 38.0. The largest absolute Gasteiger partial charge is 0.373 e. The Kier molecular flexibility index (Phi) is 6.59. The summed E-state index contributed by atoms with van der Waals surface area (Å²) in [5.74, 6) is -0.922. The van der Waals surface area contributed by atoms with Crippen LogP contribution in [0.15, 0.2) is 29.3 Å². The van der Waals surface area contributed by atoms with Crippen LogP contribution in [0.1, 0.15) is 33.6 Å². The molecule has 2 rings (SSSR count). The molecule has 1 heterocycles. The number of rotatable bonds is 6. The van der Waals surface area contributed by atoms with Gasteiger partial charge >= 0.3 is 0 Å². The smallest absolute Gasteiger partial charge is 0.261 e. The van der Waals surface area contributed by atoms with Crippen molar-refractivity contribution in [3.05, 3.63) is 34.4 Å². The first-order chi connectivity index (χ1) is 12.8. The molecule has 7 nitrogen and oxygen atoms in total. The van der Waals surface area contributed by atoms with Crippen molar-refractivity contribution in [3.8, 4) is 6.07 Å². The molecule has 27 heavy (non-hydrogen) atoms. The molecule has 1 aromatic rings. The Morgan fingerprint density at radius 1 is 1.37 bits per heavy atom. The summed E-state index contributed by atoms with van der Waals surface area (Å²) in [6.07, 6.45) is 0.296. The average Bonchev–Trinajstić information content (AvgIpc) is 2.91. The van der Waals surface area contributed by atoms with Crippen molar-refractivity contribution >= 4 is 40.7 Å². The Bertz CT molecular complexity index is 853. The first-order valence-corrected chi connectivity index (χ1v) is 8.88. The second-order valence-corrected chi connectivity index (χ2v) is 6.83. The van der Waals surface area contributed by atoms with E-state index in [1.807, 2.05) is 6.07 Å². The number of amides is 3. The molecule has 1 fully saturated rings. The normalized spacial score (nSPS) is 14.8. The first-order valence-electron chi connectivity index (χ1n) is 8.50. The summed E-state index contributed by atoms with van der Waals surface area (Å²) in [6, 6.07) is 6.07. The molecule has 0 saturated carbocycles. The van der Waals surface area contributed by atoms with Crippen LogP contribution >= 0.6 is 11.6 Å². The zero-order valence-corrected chi connectivity index (χ0v) is 16.2. The van der Waals surface area contributed by atoms with Crippen LogP contribution in [0, 0.1) is 11.3 Å². The highest BCUT2D eigenvalue weighted by Crippen LogP contribution is 2.33. The molecule has 8 heteroatoms. The lowest BCUT2D eigenvalue weighted by Gasteiger charge is -2.19. The summed E-state index contributed by atoms with van der Waals surface area (Å²) >= 11 is 6.20. The quantitative estimate of drug-likeness (QED) is 0.443. The van der Waals surface area contributed by atoms with E-state index >= 15 is 0 Å². The lowest BCUT2D eigenvalue weighted by atomic mass is 10.1. The zero-order chi connectivity index (χ0) is 20.1. The molecule has 1 atom stereocenters. The van der Waals surface area contributed by atoms with E-state index in [1.54, 1.807) is 39.0 Å². The van der Waals surface area contributed by atoms with E-state index in [2.05, 4.69) is 10.6 Å². The van der Waals surface area contributed by atoms with Crippen LogP contribution in [-0.4, -0.2) is 30.3 Å². The molecule has 142 valence electrons. The highest BCUT2D eigenvalue weighted by Gasteiger charge is 2.35. The third kappa shape index (κ3) is 4.66. The van der Waals surface area contributed by atoms with Gasteiger partial charge in [0, 0.05) is 12.1 Å². The summed E-state index contributed by atoms with van der Waals surface area (Å²) < 4.78 is 0. The second-order valence-electron chi connectivity index (χ2n) is 6.42. The van der Waals surface area contributed by atoms with E-state index in [4.69, 9.17) is 16.9 Å². The lowest BCUT2D eigenvalue weighted by molar-refractivity contribution is -0.122. The topological polar surface area (TPSA) is 102 Å². The van der Waals surface area contributed by atoms with Crippen LogP contribution in [0.3, 0.4) is 0 Å². The molecular formula is C19H21ClN4O3. The fourth-order valence-electron chi connectivity index (χ4n) is 2.66. The Balaban J connectivity index is 2.21. The molecule has 1 aromatic carbocycles. The van der Waals surface area contributed by atoms with Gasteiger partial charge in [0.1, 0.15) is 6.04 Å². The summed E-state index contributed by atoms with van der Waals surface area (Å²) in [5.41, 5.74) is 2.13. The lowest BCUT2D eigenvalue weighted by Crippen LogP contribution is -2.38. The minimum atomic E-state index is -0.616. The van der Waals surface area contributed by atoms with E-state index < -0.39 is 6.04 Å². The van der Waals surface area contributed by atoms with Gasteiger partial charge in [-0.1, -0.05) is 17.2 Å². The van der Waals surface area contributed by atoms with Gasteiger partial charge in [-0.2, -0.15) is 5.26 Å². The molecule has 3 amide bonds. The highest BCUT2D eigenvalue weighted by molar-refractivity contribution is 6.34. The molecule has 0 aliphatic carbocycles. The highest BCUT2D eigenvalue weighted by atomic mass is 35.5. The Hall–Kier alpha value is -2.85. The molecule has 1 aliphatic rings. The van der Waals surface area contributed by atoms with Gasteiger partial charge < -0.3 is 10.6 Å². The third-order valence-electron chi connectivity index (χ3n) is 4.15. The van der Waals surface area contributed by atoms with Gasteiger partial charge in [0.15, 0.2) is 0 Å². The zero-order valence-electron chi connectivity index (χ0n) is 15.4. The first kappa shape index (κ1) is 20.5. The van der Waals surface area contributed by atoms with E-state index in [1.165, 1.54) is 0 Å². The van der Waals surface area contributed by atoms with E-state index in [-0.39, 0.29) is 37.1 Å². The van der Waals surface area contributed by atoms with Crippen LogP contribution in [0.25, 0.3) is 0 Å². The van der Waals surface area contributed by atoms with Gasteiger partial charge in [-0.15, -0.1) is 0 Å². The molecule has 0 aromatic heterocycles. The molecule has 1 aliphatic heterocycles. The van der Waals surface area contributed by atoms with Gasteiger partial charge in [-0.05, 0) is 39.0 Å². The number of hydrogen-bond donors (Lipinski definition) is 2. The SMILES string of the molecule is CC(C)=C1CC(=O)N(c2ccc(Cl)c(NC(C)C(=O)NCCC#N)c2)C1=O. The van der Waals surface area contributed by atoms with Crippen molar-refractivity contribution in [2.45, 2.75) is 39.7 Å². The van der Waals surface area contributed by atoms with Crippen LogP contribution in [-0.2, 0) is 14.4 Å². The minimum Gasteiger partial charge on any atom is -0.373 e. The number of nitrogens with one attached hydrogen (secondary N) is 2. The number of anilines is 2. The van der Waals surface area contributed by atoms with E-state index in [9.17, 15) is 14.4 Å². The van der Waals surface area contributed by atoms with Crippen molar-refractivity contribution < 1.29 is 14.4 Å². The van der Waals surface area contributed by atoms with E-state index in [0.29, 0.717) is 22.0 Å². The molecular weight excluding hydrogens is 368 g/mol. The number of carbonyl (C=O) groups excluding carboxylic acids is 3. The summed E-state index contributed by atoms with van der Waals surface area (Å²) in [7, 11) is 0. The third-order valence-corrected chi connectivity index (χ3v) is 4.48. The maximum Gasteiger partial charge on any atom is 0.261 e. The van der Waals surface area contributed by atoms with Gasteiger partial charge in [-0.3, -0.25) is 14.4 Å². The van der Waals surface area contributed by atoms with Gasteiger partial charge in [-0.25, -0.2) is 4.90 Å². The van der Waals surface area contributed by atoms with Gasteiger partial charge in [0.25, 0.3) is 5.91 Å². The van der Waals surface area contributed by atoms with Crippen LogP contribution in [0.2, 0.25) is 5.02 Å². The fraction of sp³-hybridized carbons (Fsp3) is 0.368. The molecule has 2 N–H and O–H groups in total. The number of benzene rings is 1. The monoisotopic (exact) mass is 388 g/mol. The number of halogens is 1. The standard InChI is InChI=1S/C19H21ClN4O3/c1-11(2)14-10-17(25)24(19(14)27)13-5-6-15(20)16(9-13)23-12(3)18(26)22-8-4-7-21/h5-6,9,12,23H,4,8,10H2,1-3H3,(H,22,26). The Labute approximate surface area is 163 Å². The number of nitriles is 1. The number of imide groups is 1. The summed E-state index contributed by atoms with van der Waals surface area (Å²) in [6.45, 7) is 5.51. The summed E-state index contributed by atoms with van der Waals surface area (Å²) in [5, 5.41) is 14.5. The maximum atomic E-state index is 12.5. The van der Waals surface area contributed by atoms with Gasteiger partial charge in [0.2, 0.25) is 11.8 Å². The number of carbonyl (C=O) groups is 3. The minimum absolute atomic E-state index is 0.0737. The Morgan fingerprint density at radius 2 is 2.07 bits per heavy atom. The van der Waals surface area contributed by atoms with Crippen LogP contribution in [0.4, 0.5) is 11.4 Å². The average molecular weight is 389 g/mol. The van der Waals surface area contributed by atoms with Crippen molar-refractivity contribution in [1.82, 2.24) is 5.32 Å². The predicted molar refractivity (Wildman–Crippen MR) is 103 cm³/mol. The van der Waals surface area contributed by atoms with Gasteiger partial charge in [0.05, 0.1) is 35.3 Å². The van der Waals surface area contributed by atoms with E-state index in [0.717, 1.165) is 10.5 Å². The predicted octanol–water partition coefficient (Wildman–Crippen LogP) is 2.77. The molecule has 0 spiro atoms. The number of nitrogens with zero attached hydrogens (tertiary/aromatic N) is 2. The molecule has 1 saturated heterocycles. The molecule has 0 radical (unpaired) electrons. The number of hydrogen-bond acceptors (Lipinski definition) is 5. The Morgan fingerprint density at radius 3 is 2.67 bits per heavy atom.